The summed E-state index contributed by atoms with van der Waals surface area (Å²) in [5.41, 5.74) is 0. The Labute approximate surface area is 70.4 Å². The van der Waals surface area contributed by atoms with E-state index in [0.717, 1.165) is 6.92 Å². The average molecular weight is 205 g/mol. The van der Waals surface area contributed by atoms with Crippen LogP contribution in [0.3, 0.4) is 0 Å². The van der Waals surface area contributed by atoms with Gasteiger partial charge in [-0.1, -0.05) is 0 Å². The molecular weight excluding hydrogens is 200 g/mol. The predicted octanol–water partition coefficient (Wildman–Crippen LogP) is 1.25. The van der Waals surface area contributed by atoms with Crippen molar-refractivity contribution in [1.29, 1.82) is 0 Å². The third-order valence-corrected chi connectivity index (χ3v) is 1.27. The highest BCUT2D eigenvalue weighted by Gasteiger charge is 2.37. The minimum Gasteiger partial charge on any atom is -0.371 e. The fourth-order valence-electron chi connectivity index (χ4n) is 0.332. The zero-order valence-electron chi connectivity index (χ0n) is 5.81. The van der Waals surface area contributed by atoms with E-state index in [0.29, 0.717) is 0 Å². The van der Waals surface area contributed by atoms with Crippen molar-refractivity contribution in [3.63, 3.8) is 0 Å². The maximum atomic E-state index is 11.3. The van der Waals surface area contributed by atoms with E-state index < -0.39 is 23.5 Å². The maximum absolute atomic E-state index is 11.3. The number of Topliss-reactive ketones (excluding diaryl/α,β-unsaturated/α-hetero) is 1. The molecule has 1 unspecified atom stereocenters. The van der Waals surface area contributed by atoms with Crippen LogP contribution in [0, 0.1) is 0 Å². The van der Waals surface area contributed by atoms with Crippen LogP contribution in [-0.4, -0.2) is 23.5 Å². The molecule has 0 spiro atoms. The second-order valence-electron chi connectivity index (χ2n) is 1.84. The Morgan fingerprint density at radius 1 is 1.42 bits per heavy atom. The van der Waals surface area contributed by atoms with E-state index >= 15 is 0 Å². The van der Waals surface area contributed by atoms with Crippen LogP contribution in [0.1, 0.15) is 6.92 Å². The van der Waals surface area contributed by atoms with Gasteiger partial charge in [-0.2, -0.15) is 0 Å². The largest absolute Gasteiger partial charge is 0.575 e. The van der Waals surface area contributed by atoms with Crippen molar-refractivity contribution in [3.8, 4) is 0 Å². The SMILES string of the molecule is CC(=O)C(Cl)C(=O)OC(F)(F)F. The standard InChI is InChI=1S/C5H4ClF3O3/c1-2(10)3(6)4(11)12-5(7,8)9/h3H,1H3. The second-order valence-corrected chi connectivity index (χ2v) is 2.28. The van der Waals surface area contributed by atoms with Crippen LogP contribution in [0.4, 0.5) is 13.2 Å². The number of carbonyl (C=O) groups excluding carboxylic acids is 2. The number of halogens is 4. The summed E-state index contributed by atoms with van der Waals surface area (Å²) in [4.78, 5) is 20.6. The Hall–Kier alpha value is -0.780. The van der Waals surface area contributed by atoms with Crippen molar-refractivity contribution >= 4 is 23.4 Å². The molecule has 0 saturated heterocycles. The first-order valence-corrected chi connectivity index (χ1v) is 3.12. The van der Waals surface area contributed by atoms with E-state index in [1.54, 1.807) is 0 Å². The summed E-state index contributed by atoms with van der Waals surface area (Å²) in [6.07, 6.45) is -5.10. The molecule has 0 saturated carbocycles. The number of ether oxygens (including phenoxy) is 1. The van der Waals surface area contributed by atoms with Crippen LogP contribution in [0.25, 0.3) is 0 Å². The lowest BCUT2D eigenvalue weighted by Crippen LogP contribution is -2.30. The molecular formula is C5H4ClF3O3. The molecule has 0 aromatic carbocycles. The molecule has 0 N–H and O–H groups in total. The Morgan fingerprint density at radius 3 is 2.08 bits per heavy atom. The number of rotatable bonds is 2. The predicted molar refractivity (Wildman–Crippen MR) is 32.5 cm³/mol. The minimum absolute atomic E-state index is 0.884. The highest BCUT2D eigenvalue weighted by atomic mass is 35.5. The van der Waals surface area contributed by atoms with Crippen molar-refractivity contribution < 1.29 is 27.5 Å². The van der Waals surface area contributed by atoms with Crippen molar-refractivity contribution in [2.24, 2.45) is 0 Å². The third-order valence-electron chi connectivity index (χ3n) is 0.780. The molecule has 1 atom stereocenters. The number of esters is 1. The molecule has 0 bridgehead atoms. The van der Waals surface area contributed by atoms with E-state index in [1.165, 1.54) is 0 Å². The molecule has 0 aliphatic carbocycles. The van der Waals surface area contributed by atoms with E-state index in [2.05, 4.69) is 4.74 Å². The van der Waals surface area contributed by atoms with Gasteiger partial charge in [0.15, 0.2) is 11.2 Å². The van der Waals surface area contributed by atoms with E-state index in [4.69, 9.17) is 11.6 Å². The highest BCUT2D eigenvalue weighted by Crippen LogP contribution is 2.18. The molecule has 0 radical (unpaired) electrons. The smallest absolute Gasteiger partial charge is 0.371 e. The first kappa shape index (κ1) is 11.2. The lowest BCUT2D eigenvalue weighted by molar-refractivity contribution is -0.305. The molecule has 3 nitrogen and oxygen atoms in total. The summed E-state index contributed by atoms with van der Waals surface area (Å²) in [6.45, 7) is 0.884. The van der Waals surface area contributed by atoms with Crippen LogP contribution in [-0.2, 0) is 14.3 Å². The van der Waals surface area contributed by atoms with Gasteiger partial charge in [-0.25, -0.2) is 4.79 Å². The molecule has 0 aromatic heterocycles. The molecule has 0 fully saturated rings. The van der Waals surface area contributed by atoms with Crippen molar-refractivity contribution in [3.05, 3.63) is 0 Å². The number of hydrogen-bond acceptors (Lipinski definition) is 3. The number of ketones is 1. The fourth-order valence-corrected chi connectivity index (χ4v) is 0.376. The van der Waals surface area contributed by atoms with Crippen molar-refractivity contribution in [1.82, 2.24) is 0 Å². The normalized spacial score (nSPS) is 13.8. The Kier molecular flexibility index (Phi) is 3.51. The van der Waals surface area contributed by atoms with Crippen LogP contribution in [0.2, 0.25) is 0 Å². The Balaban J connectivity index is 4.15. The quantitative estimate of drug-likeness (QED) is 0.386. The Bertz CT molecular complexity index is 201. The van der Waals surface area contributed by atoms with Gasteiger partial charge in [0.1, 0.15) is 0 Å². The first-order valence-electron chi connectivity index (χ1n) is 2.68. The Morgan fingerprint density at radius 2 is 1.83 bits per heavy atom. The molecule has 70 valence electrons. The molecule has 0 aliphatic heterocycles. The highest BCUT2D eigenvalue weighted by molar-refractivity contribution is 6.40. The molecule has 12 heavy (non-hydrogen) atoms. The monoisotopic (exact) mass is 204 g/mol. The molecule has 0 heterocycles. The van der Waals surface area contributed by atoms with Gasteiger partial charge in [-0.05, 0) is 6.92 Å². The van der Waals surface area contributed by atoms with Gasteiger partial charge < -0.3 is 4.74 Å². The summed E-state index contributed by atoms with van der Waals surface area (Å²) in [6, 6.07) is 0. The number of carbonyl (C=O) groups is 2. The minimum atomic E-state index is -5.10. The van der Waals surface area contributed by atoms with Gasteiger partial charge in [-0.3, -0.25) is 4.79 Å². The van der Waals surface area contributed by atoms with Gasteiger partial charge in [0.2, 0.25) is 0 Å². The van der Waals surface area contributed by atoms with Crippen molar-refractivity contribution in [2.45, 2.75) is 18.7 Å². The van der Waals surface area contributed by atoms with Gasteiger partial charge in [0.05, 0.1) is 0 Å². The van der Waals surface area contributed by atoms with E-state index in [9.17, 15) is 22.8 Å². The average Bonchev–Trinajstić information content (AvgIpc) is 1.82. The van der Waals surface area contributed by atoms with Gasteiger partial charge >= 0.3 is 12.3 Å². The van der Waals surface area contributed by atoms with Crippen molar-refractivity contribution in [2.75, 3.05) is 0 Å². The lowest BCUT2D eigenvalue weighted by atomic mass is 10.3. The third kappa shape index (κ3) is 4.17. The fraction of sp³-hybridized carbons (Fsp3) is 0.600. The van der Waals surface area contributed by atoms with Crippen LogP contribution >= 0.6 is 11.6 Å². The van der Waals surface area contributed by atoms with E-state index in [1.807, 2.05) is 0 Å². The van der Waals surface area contributed by atoms with Crippen LogP contribution in [0.15, 0.2) is 0 Å². The molecule has 0 aromatic rings. The van der Waals surface area contributed by atoms with Gasteiger partial charge in [0.25, 0.3) is 0 Å². The van der Waals surface area contributed by atoms with Gasteiger partial charge in [-0.15, -0.1) is 24.8 Å². The summed E-state index contributed by atoms with van der Waals surface area (Å²) < 4.78 is 36.8. The van der Waals surface area contributed by atoms with Crippen LogP contribution in [0.5, 0.6) is 0 Å². The topological polar surface area (TPSA) is 43.4 Å². The lowest BCUT2D eigenvalue weighted by Gasteiger charge is -2.08. The molecule has 0 amide bonds. The van der Waals surface area contributed by atoms with E-state index in [-0.39, 0.29) is 0 Å². The maximum Gasteiger partial charge on any atom is 0.575 e. The number of alkyl halides is 4. The first-order chi connectivity index (χ1) is 5.24. The summed E-state index contributed by atoms with van der Waals surface area (Å²) >= 11 is 4.95. The number of hydrogen-bond donors (Lipinski definition) is 0. The summed E-state index contributed by atoms with van der Waals surface area (Å²) in [7, 11) is 0. The second kappa shape index (κ2) is 3.75. The van der Waals surface area contributed by atoms with Gasteiger partial charge in [0, 0.05) is 0 Å². The van der Waals surface area contributed by atoms with Crippen LogP contribution < -0.4 is 0 Å². The molecule has 0 aliphatic rings. The molecule has 0 rings (SSSR count). The molecule has 7 heteroatoms. The summed E-state index contributed by atoms with van der Waals surface area (Å²) in [5.74, 6) is -2.71. The zero-order chi connectivity index (χ0) is 9.94. The zero-order valence-corrected chi connectivity index (χ0v) is 6.57. The summed E-state index contributed by atoms with van der Waals surface area (Å²) in [5, 5.41) is -1.90.